The summed E-state index contributed by atoms with van der Waals surface area (Å²) < 4.78 is 57.0. The van der Waals surface area contributed by atoms with Crippen molar-refractivity contribution in [1.29, 1.82) is 0 Å². The molecule has 1 aliphatic rings. The Hall–Kier alpha value is -2.42. The van der Waals surface area contributed by atoms with Gasteiger partial charge in [-0.05, 0) is 5.56 Å². The van der Waals surface area contributed by atoms with Crippen molar-refractivity contribution in [2.24, 2.45) is 0 Å². The Morgan fingerprint density at radius 1 is 1.07 bits per heavy atom. The van der Waals surface area contributed by atoms with Crippen LogP contribution >= 0.6 is 0 Å². The summed E-state index contributed by atoms with van der Waals surface area (Å²) in [4.78, 5) is 12.3. The van der Waals surface area contributed by atoms with Crippen molar-refractivity contribution in [2.45, 2.75) is 25.4 Å². The molecule has 1 heterocycles. The zero-order chi connectivity index (χ0) is 20.0. The molecule has 2 aromatic carbocycles. The Morgan fingerprint density at radius 3 is 2.36 bits per heavy atom. The van der Waals surface area contributed by atoms with E-state index in [-0.39, 0.29) is 13.0 Å². The Morgan fingerprint density at radius 2 is 1.71 bits per heavy atom. The molecule has 0 unspecified atom stereocenters. The van der Waals surface area contributed by atoms with Crippen LogP contribution < -0.4 is 5.32 Å². The fourth-order valence-corrected chi connectivity index (χ4v) is 2.87. The number of hydrogen-bond donors (Lipinski definition) is 1. The first-order chi connectivity index (χ1) is 13.5. The Bertz CT molecular complexity index is 787. The molecule has 0 bridgehead atoms. The summed E-state index contributed by atoms with van der Waals surface area (Å²) >= 11 is 0. The van der Waals surface area contributed by atoms with Crippen molar-refractivity contribution in [1.82, 2.24) is 5.32 Å². The van der Waals surface area contributed by atoms with Crippen molar-refractivity contribution in [2.75, 3.05) is 19.8 Å². The molecule has 1 aliphatic heterocycles. The highest BCUT2D eigenvalue weighted by Gasteiger charge is 2.39. The highest BCUT2D eigenvalue weighted by Crippen LogP contribution is 2.25. The average molecular weight is 395 g/mol. The van der Waals surface area contributed by atoms with Crippen LogP contribution in [0.3, 0.4) is 0 Å². The quantitative estimate of drug-likeness (QED) is 0.747. The maximum atomic E-state index is 13.7. The molecule has 1 N–H and O–H groups in total. The second kappa shape index (κ2) is 9.18. The smallest absolute Gasteiger partial charge is 0.225 e. The summed E-state index contributed by atoms with van der Waals surface area (Å²) in [6.45, 7) is 0.543. The van der Waals surface area contributed by atoms with E-state index in [0.717, 1.165) is 5.56 Å². The van der Waals surface area contributed by atoms with Gasteiger partial charge in [0.25, 0.3) is 0 Å². The average Bonchev–Trinajstić information content (AvgIpc) is 3.10. The molecule has 1 fully saturated rings. The van der Waals surface area contributed by atoms with Gasteiger partial charge in [-0.25, -0.2) is 13.2 Å². The minimum absolute atomic E-state index is 0.0224. The zero-order valence-electron chi connectivity index (χ0n) is 15.1. The van der Waals surface area contributed by atoms with Crippen molar-refractivity contribution in [3.05, 3.63) is 71.0 Å². The molecule has 5 nitrogen and oxygen atoms in total. The minimum Gasteiger partial charge on any atom is -0.371 e. The van der Waals surface area contributed by atoms with Gasteiger partial charge in [0.15, 0.2) is 0 Å². The Balaban J connectivity index is 1.54. The molecule has 1 amide bonds. The van der Waals surface area contributed by atoms with Crippen molar-refractivity contribution in [3.63, 3.8) is 0 Å². The van der Waals surface area contributed by atoms with E-state index < -0.39 is 41.3 Å². The minimum atomic E-state index is -1.25. The molecule has 8 heteroatoms. The van der Waals surface area contributed by atoms with Gasteiger partial charge < -0.3 is 19.5 Å². The summed E-state index contributed by atoms with van der Waals surface area (Å²) in [6.07, 6.45) is -0.202. The first-order valence-electron chi connectivity index (χ1n) is 8.77. The van der Waals surface area contributed by atoms with Gasteiger partial charge in [-0.1, -0.05) is 30.3 Å². The summed E-state index contributed by atoms with van der Waals surface area (Å²) in [5.41, 5.74) is 0.541. The van der Waals surface area contributed by atoms with Crippen LogP contribution in [0.5, 0.6) is 0 Å². The van der Waals surface area contributed by atoms with E-state index in [2.05, 4.69) is 5.32 Å². The van der Waals surface area contributed by atoms with Gasteiger partial charge in [0.05, 0.1) is 26.2 Å². The van der Waals surface area contributed by atoms with E-state index >= 15 is 0 Å². The van der Waals surface area contributed by atoms with Crippen LogP contribution in [0.4, 0.5) is 13.2 Å². The van der Waals surface area contributed by atoms with Crippen LogP contribution in [0.2, 0.25) is 0 Å². The predicted octanol–water partition coefficient (Wildman–Crippen LogP) is 3.07. The standard InChI is InChI=1S/C20H20F3NO4/c21-15-8-17(22)16(18(23)9-15)11-24-19(25)10-20(27-6-7-28-20)13-26-12-14-4-2-1-3-5-14/h1-5,8-9H,6-7,10-13H2,(H,24,25). The number of hydrogen-bond acceptors (Lipinski definition) is 4. The SMILES string of the molecule is O=C(CC1(COCc2ccccc2)OCCO1)NCc1c(F)cc(F)cc1F. The molecule has 0 spiro atoms. The molecule has 0 aromatic heterocycles. The number of nitrogens with one attached hydrogen (secondary N) is 1. The van der Waals surface area contributed by atoms with Crippen LogP contribution in [0.25, 0.3) is 0 Å². The first-order valence-corrected chi connectivity index (χ1v) is 8.77. The van der Waals surface area contributed by atoms with Crippen LogP contribution in [0, 0.1) is 17.5 Å². The molecular formula is C20H20F3NO4. The monoisotopic (exact) mass is 395 g/mol. The highest BCUT2D eigenvalue weighted by atomic mass is 19.1. The first kappa shape index (κ1) is 20.3. The number of halogens is 3. The molecule has 0 saturated carbocycles. The molecular weight excluding hydrogens is 375 g/mol. The van der Waals surface area contributed by atoms with Gasteiger partial charge in [-0.2, -0.15) is 0 Å². The molecule has 1 saturated heterocycles. The Labute approximate surface area is 160 Å². The maximum absolute atomic E-state index is 13.7. The third-order valence-electron chi connectivity index (χ3n) is 4.25. The van der Waals surface area contributed by atoms with Crippen molar-refractivity contribution < 1.29 is 32.2 Å². The van der Waals surface area contributed by atoms with E-state index in [1.807, 2.05) is 30.3 Å². The summed E-state index contributed by atoms with van der Waals surface area (Å²) in [5, 5.41) is 2.40. The Kier molecular flexibility index (Phi) is 6.66. The van der Waals surface area contributed by atoms with Crippen LogP contribution in [-0.4, -0.2) is 31.5 Å². The lowest BCUT2D eigenvalue weighted by Gasteiger charge is -2.26. The predicted molar refractivity (Wildman–Crippen MR) is 93.5 cm³/mol. The maximum Gasteiger partial charge on any atom is 0.225 e. The molecule has 2 aromatic rings. The molecule has 3 rings (SSSR count). The number of amides is 1. The topological polar surface area (TPSA) is 56.8 Å². The molecule has 150 valence electrons. The largest absolute Gasteiger partial charge is 0.371 e. The van der Waals surface area contributed by atoms with Gasteiger partial charge in [0.2, 0.25) is 11.7 Å². The lowest BCUT2D eigenvalue weighted by Crippen LogP contribution is -2.41. The second-order valence-corrected chi connectivity index (χ2v) is 6.39. The van der Waals surface area contributed by atoms with Crippen LogP contribution in [0.1, 0.15) is 17.5 Å². The van der Waals surface area contributed by atoms with Crippen molar-refractivity contribution in [3.8, 4) is 0 Å². The van der Waals surface area contributed by atoms with E-state index in [9.17, 15) is 18.0 Å². The lowest BCUT2D eigenvalue weighted by molar-refractivity contribution is -0.200. The van der Waals surface area contributed by atoms with E-state index in [1.165, 1.54) is 0 Å². The molecule has 0 atom stereocenters. The number of carbonyl (C=O) groups is 1. The van der Waals surface area contributed by atoms with E-state index in [1.54, 1.807) is 0 Å². The van der Waals surface area contributed by atoms with Gasteiger partial charge in [-0.3, -0.25) is 4.79 Å². The number of carbonyl (C=O) groups excluding carboxylic acids is 1. The van der Waals surface area contributed by atoms with Gasteiger partial charge >= 0.3 is 0 Å². The molecule has 28 heavy (non-hydrogen) atoms. The van der Waals surface area contributed by atoms with Crippen LogP contribution in [-0.2, 0) is 32.2 Å². The van der Waals surface area contributed by atoms with Crippen molar-refractivity contribution >= 4 is 5.91 Å². The van der Waals surface area contributed by atoms with Crippen LogP contribution in [0.15, 0.2) is 42.5 Å². The highest BCUT2D eigenvalue weighted by molar-refractivity contribution is 5.76. The second-order valence-electron chi connectivity index (χ2n) is 6.39. The summed E-state index contributed by atoms with van der Waals surface area (Å²) in [6, 6.07) is 10.6. The molecule has 0 radical (unpaired) electrons. The fourth-order valence-electron chi connectivity index (χ4n) is 2.87. The summed E-state index contributed by atoms with van der Waals surface area (Å²) in [5.74, 6) is -4.93. The van der Waals surface area contributed by atoms with Gasteiger partial charge in [0.1, 0.15) is 24.1 Å². The van der Waals surface area contributed by atoms with Gasteiger partial charge in [0, 0.05) is 24.2 Å². The molecule has 0 aliphatic carbocycles. The number of benzene rings is 2. The zero-order valence-corrected chi connectivity index (χ0v) is 15.1. The van der Waals surface area contributed by atoms with E-state index in [4.69, 9.17) is 14.2 Å². The number of ether oxygens (including phenoxy) is 3. The summed E-state index contributed by atoms with van der Waals surface area (Å²) in [7, 11) is 0. The lowest BCUT2D eigenvalue weighted by atomic mass is 10.1. The third kappa shape index (κ3) is 5.31. The van der Waals surface area contributed by atoms with E-state index in [0.29, 0.717) is 32.0 Å². The number of rotatable bonds is 8. The normalized spacial score (nSPS) is 15.5. The fraction of sp³-hybridized carbons (Fsp3) is 0.350. The third-order valence-corrected chi connectivity index (χ3v) is 4.25. The van der Waals surface area contributed by atoms with Gasteiger partial charge in [-0.15, -0.1) is 0 Å².